The van der Waals surface area contributed by atoms with Gasteiger partial charge in [0, 0.05) is 42.4 Å². The minimum absolute atomic E-state index is 0.209. The lowest BCUT2D eigenvalue weighted by Crippen LogP contribution is -2.66. The quantitative estimate of drug-likeness (QED) is 0.249. The summed E-state index contributed by atoms with van der Waals surface area (Å²) >= 11 is 0. The standard InChI is InChI=1S/C24H30O10/c1-10-6-15-22(31,17(10)27)8-13(9-25)7-14-16-21(4,5)24(16,34-12(3)26)18(11(2)23(14,15)32)33-20(30)19(28)29/h6-7,11,14-16,18,25,31-32H,8-9H2,1-5H3,(H,28,29)/t11-,14+,15-,16?,18-,22-,23-,24-/m1/s1. The number of rotatable bonds is 3. The van der Waals surface area contributed by atoms with Gasteiger partial charge in [-0.2, -0.15) is 0 Å². The third-order valence-corrected chi connectivity index (χ3v) is 8.68. The number of esters is 2. The Balaban J connectivity index is 1.97. The van der Waals surface area contributed by atoms with Gasteiger partial charge in [0.1, 0.15) is 11.7 Å². The van der Waals surface area contributed by atoms with Crippen molar-refractivity contribution in [3.8, 4) is 0 Å². The third-order valence-electron chi connectivity index (χ3n) is 8.68. The summed E-state index contributed by atoms with van der Waals surface area (Å²) in [5, 5.41) is 43.1. The van der Waals surface area contributed by atoms with E-state index in [1.165, 1.54) is 26.8 Å². The Kier molecular flexibility index (Phi) is 5.22. The van der Waals surface area contributed by atoms with Crippen molar-refractivity contribution in [2.24, 2.45) is 29.1 Å². The van der Waals surface area contributed by atoms with Crippen molar-refractivity contribution in [1.82, 2.24) is 0 Å². The summed E-state index contributed by atoms with van der Waals surface area (Å²) in [6, 6.07) is 0. The first-order valence-corrected chi connectivity index (χ1v) is 11.2. The number of carbonyl (C=O) groups excluding carboxylic acids is 3. The van der Waals surface area contributed by atoms with Gasteiger partial charge >= 0.3 is 17.9 Å². The molecule has 10 nitrogen and oxygen atoms in total. The molecule has 34 heavy (non-hydrogen) atoms. The van der Waals surface area contributed by atoms with Crippen molar-refractivity contribution in [3.05, 3.63) is 23.3 Å². The molecular weight excluding hydrogens is 448 g/mol. The van der Waals surface area contributed by atoms with Gasteiger partial charge in [-0.3, -0.25) is 9.59 Å². The predicted octanol–water partition coefficient (Wildman–Crippen LogP) is 0.136. The first-order valence-electron chi connectivity index (χ1n) is 11.2. The van der Waals surface area contributed by atoms with Gasteiger partial charge in [0.25, 0.3) is 0 Å². The van der Waals surface area contributed by atoms with E-state index in [4.69, 9.17) is 9.47 Å². The maximum Gasteiger partial charge on any atom is 0.417 e. The Labute approximate surface area is 196 Å². The number of hydrogen-bond acceptors (Lipinski definition) is 9. The summed E-state index contributed by atoms with van der Waals surface area (Å²) in [7, 11) is 0. The number of aliphatic hydroxyl groups is 3. The highest BCUT2D eigenvalue weighted by Crippen LogP contribution is 2.77. The fourth-order valence-corrected chi connectivity index (χ4v) is 7.23. The maximum atomic E-state index is 13.0. The molecule has 0 aliphatic heterocycles. The van der Waals surface area contributed by atoms with E-state index in [-0.39, 0.29) is 12.0 Å². The van der Waals surface area contributed by atoms with Gasteiger partial charge in [0.2, 0.25) is 0 Å². The molecule has 8 atom stereocenters. The summed E-state index contributed by atoms with van der Waals surface area (Å²) in [5.41, 5.74) is -5.69. The van der Waals surface area contributed by atoms with Crippen LogP contribution in [0.15, 0.2) is 23.3 Å². The molecule has 0 heterocycles. The number of aliphatic hydroxyl groups excluding tert-OH is 1. The zero-order valence-corrected chi connectivity index (χ0v) is 19.7. The predicted molar refractivity (Wildman–Crippen MR) is 114 cm³/mol. The van der Waals surface area contributed by atoms with Crippen LogP contribution in [0.2, 0.25) is 0 Å². The highest BCUT2D eigenvalue weighted by molar-refractivity contribution is 6.28. The lowest BCUT2D eigenvalue weighted by Gasteiger charge is -2.52. The van der Waals surface area contributed by atoms with E-state index in [1.54, 1.807) is 19.9 Å². The highest BCUT2D eigenvalue weighted by Gasteiger charge is 2.87. The second-order valence-corrected chi connectivity index (χ2v) is 10.7. The Bertz CT molecular complexity index is 1060. The normalized spacial score (nSPS) is 43.9. The summed E-state index contributed by atoms with van der Waals surface area (Å²) < 4.78 is 11.1. The number of carboxylic acids is 1. The number of aliphatic carboxylic acids is 1. The number of Topliss-reactive ketones (excluding diaryl/α,β-unsaturated/α-hetero) is 1. The van der Waals surface area contributed by atoms with Gasteiger partial charge in [-0.05, 0) is 18.1 Å². The van der Waals surface area contributed by atoms with Gasteiger partial charge < -0.3 is 29.9 Å². The second kappa shape index (κ2) is 7.22. The van der Waals surface area contributed by atoms with Crippen LogP contribution in [0.25, 0.3) is 0 Å². The average Bonchev–Trinajstić information content (AvgIpc) is 3.16. The first-order chi connectivity index (χ1) is 15.6. The molecule has 0 aromatic rings. The monoisotopic (exact) mass is 478 g/mol. The molecule has 2 fully saturated rings. The number of ether oxygens (including phenoxy) is 2. The molecule has 1 unspecified atom stereocenters. The van der Waals surface area contributed by atoms with Gasteiger partial charge in [0.05, 0.1) is 12.2 Å². The molecule has 0 amide bonds. The van der Waals surface area contributed by atoms with Crippen molar-refractivity contribution in [1.29, 1.82) is 0 Å². The first kappa shape index (κ1) is 24.6. The number of carbonyl (C=O) groups is 4. The third kappa shape index (κ3) is 2.79. The fraction of sp³-hybridized carbons (Fsp3) is 0.667. The van der Waals surface area contributed by atoms with Crippen LogP contribution in [0, 0.1) is 29.1 Å². The molecule has 186 valence electrons. The van der Waals surface area contributed by atoms with Crippen LogP contribution in [-0.2, 0) is 28.7 Å². The number of ketones is 1. The summed E-state index contributed by atoms with van der Waals surface area (Å²) in [5.74, 6) is -8.35. The van der Waals surface area contributed by atoms with E-state index in [0.717, 1.165) is 0 Å². The largest absolute Gasteiger partial charge is 0.473 e. The second-order valence-electron chi connectivity index (χ2n) is 10.7. The zero-order chi connectivity index (χ0) is 25.6. The molecule has 4 rings (SSSR count). The van der Waals surface area contributed by atoms with Gasteiger partial charge in [-0.25, -0.2) is 9.59 Å². The van der Waals surface area contributed by atoms with Crippen molar-refractivity contribution in [2.75, 3.05) is 6.61 Å². The number of hydrogen-bond donors (Lipinski definition) is 4. The molecule has 0 spiro atoms. The minimum Gasteiger partial charge on any atom is -0.473 e. The van der Waals surface area contributed by atoms with Crippen LogP contribution in [0.5, 0.6) is 0 Å². The Morgan fingerprint density at radius 2 is 1.79 bits per heavy atom. The van der Waals surface area contributed by atoms with Crippen LogP contribution in [0.3, 0.4) is 0 Å². The molecule has 4 aliphatic carbocycles. The SMILES string of the molecule is CC(=O)O[C@]12C([C@@H]3C=C(CO)C[C@]4(O)C(=O)C(C)=C[C@H]4[C@@]3(O)[C@H](C)[C@H]1OC(=O)C(=O)O)C2(C)C. The molecular formula is C24H30O10. The molecule has 0 bridgehead atoms. The average molecular weight is 478 g/mol. The van der Waals surface area contributed by atoms with E-state index in [2.05, 4.69) is 0 Å². The molecule has 4 aliphatic rings. The van der Waals surface area contributed by atoms with Crippen LogP contribution >= 0.6 is 0 Å². The van der Waals surface area contributed by atoms with Gasteiger partial charge in [-0.15, -0.1) is 0 Å². The van der Waals surface area contributed by atoms with Gasteiger partial charge in [0.15, 0.2) is 11.4 Å². The van der Waals surface area contributed by atoms with Crippen LogP contribution in [-0.4, -0.2) is 73.6 Å². The fourth-order valence-electron chi connectivity index (χ4n) is 7.23. The van der Waals surface area contributed by atoms with Gasteiger partial charge in [-0.1, -0.05) is 32.9 Å². The summed E-state index contributed by atoms with van der Waals surface area (Å²) in [4.78, 5) is 48.7. The van der Waals surface area contributed by atoms with E-state index < -0.39 is 82.3 Å². The van der Waals surface area contributed by atoms with E-state index in [9.17, 15) is 39.6 Å². The van der Waals surface area contributed by atoms with Crippen LogP contribution in [0.1, 0.15) is 41.0 Å². The highest BCUT2D eigenvalue weighted by atomic mass is 16.6. The summed E-state index contributed by atoms with van der Waals surface area (Å²) in [6.45, 7) is 7.27. The lowest BCUT2D eigenvalue weighted by molar-refractivity contribution is -0.229. The van der Waals surface area contributed by atoms with Crippen molar-refractivity contribution < 1.29 is 49.1 Å². The number of carboxylic acid groups (broad SMARTS) is 1. The topological polar surface area (TPSA) is 168 Å². The Morgan fingerprint density at radius 1 is 1.18 bits per heavy atom. The van der Waals surface area contributed by atoms with Crippen molar-refractivity contribution in [2.45, 2.75) is 63.9 Å². The zero-order valence-electron chi connectivity index (χ0n) is 19.7. The minimum atomic E-state index is -2.04. The van der Waals surface area contributed by atoms with E-state index >= 15 is 0 Å². The molecule has 4 N–H and O–H groups in total. The summed E-state index contributed by atoms with van der Waals surface area (Å²) in [6.07, 6.45) is 1.53. The molecule has 10 heteroatoms. The maximum absolute atomic E-state index is 13.0. The smallest absolute Gasteiger partial charge is 0.417 e. The molecule has 0 aromatic heterocycles. The van der Waals surface area contributed by atoms with Crippen LogP contribution in [0.4, 0.5) is 0 Å². The number of fused-ring (bicyclic) bond motifs is 5. The Hall–Kier alpha value is -2.56. The van der Waals surface area contributed by atoms with Crippen LogP contribution < -0.4 is 0 Å². The molecule has 0 radical (unpaired) electrons. The molecule has 0 saturated heterocycles. The molecule has 0 aromatic carbocycles. The van der Waals surface area contributed by atoms with E-state index in [0.29, 0.717) is 5.57 Å². The molecule has 2 saturated carbocycles. The Morgan fingerprint density at radius 3 is 2.32 bits per heavy atom. The van der Waals surface area contributed by atoms with Crippen molar-refractivity contribution >= 4 is 23.7 Å². The lowest BCUT2D eigenvalue weighted by atomic mass is 9.59. The van der Waals surface area contributed by atoms with E-state index in [1.807, 2.05) is 0 Å². The van der Waals surface area contributed by atoms with Crippen molar-refractivity contribution in [3.63, 3.8) is 0 Å².